The minimum atomic E-state index is -0.908. The predicted molar refractivity (Wildman–Crippen MR) is 80.2 cm³/mol. The molecule has 1 aromatic rings. The first-order chi connectivity index (χ1) is 9.95. The fourth-order valence-electron chi connectivity index (χ4n) is 2.79. The molecule has 2 rings (SSSR count). The van der Waals surface area contributed by atoms with E-state index in [2.05, 4.69) is 11.4 Å². The van der Waals surface area contributed by atoms with Crippen molar-refractivity contribution in [1.82, 2.24) is 0 Å². The normalized spacial score (nSPS) is 21.6. The van der Waals surface area contributed by atoms with Crippen molar-refractivity contribution in [3.8, 4) is 6.07 Å². The van der Waals surface area contributed by atoms with Crippen LogP contribution in [0, 0.1) is 37.0 Å². The Morgan fingerprint density at radius 3 is 2.48 bits per heavy atom. The number of carbonyl (C=O) groups excluding carboxylic acids is 1. The molecule has 1 aromatic heterocycles. The van der Waals surface area contributed by atoms with E-state index in [1.165, 1.54) is 11.3 Å². The number of hydrogen-bond acceptors (Lipinski definition) is 4. The van der Waals surface area contributed by atoms with Crippen molar-refractivity contribution in [2.75, 3.05) is 5.32 Å². The number of carboxylic acids is 1. The van der Waals surface area contributed by atoms with Gasteiger partial charge in [0.25, 0.3) is 0 Å². The molecule has 1 aliphatic rings. The van der Waals surface area contributed by atoms with Crippen LogP contribution >= 0.6 is 11.3 Å². The molecule has 1 fully saturated rings. The summed E-state index contributed by atoms with van der Waals surface area (Å²) in [5.41, 5.74) is 1.35. The lowest BCUT2D eigenvalue weighted by atomic mass is 9.79. The van der Waals surface area contributed by atoms with Gasteiger partial charge in [0, 0.05) is 4.88 Å². The molecule has 112 valence electrons. The van der Waals surface area contributed by atoms with Crippen LogP contribution in [0.3, 0.4) is 0 Å². The van der Waals surface area contributed by atoms with Gasteiger partial charge >= 0.3 is 5.97 Å². The van der Waals surface area contributed by atoms with Gasteiger partial charge in [0.1, 0.15) is 11.1 Å². The van der Waals surface area contributed by atoms with Crippen LogP contribution in [-0.2, 0) is 9.59 Å². The summed E-state index contributed by atoms with van der Waals surface area (Å²) in [4.78, 5) is 24.7. The molecule has 1 saturated carbocycles. The summed E-state index contributed by atoms with van der Waals surface area (Å²) in [6.07, 6.45) is 2.85. The maximum atomic E-state index is 12.4. The average Bonchev–Trinajstić information content (AvgIpc) is 2.73. The van der Waals surface area contributed by atoms with Gasteiger partial charge in [-0.2, -0.15) is 5.26 Å². The largest absolute Gasteiger partial charge is 0.481 e. The highest BCUT2D eigenvalue weighted by atomic mass is 32.1. The summed E-state index contributed by atoms with van der Waals surface area (Å²) in [5.74, 6) is -2.31. The number of carboxylic acid groups (broad SMARTS) is 1. The van der Waals surface area contributed by atoms with E-state index in [0.717, 1.165) is 23.3 Å². The van der Waals surface area contributed by atoms with Crippen molar-refractivity contribution in [3.63, 3.8) is 0 Å². The Labute approximate surface area is 127 Å². The summed E-state index contributed by atoms with van der Waals surface area (Å²) in [6.45, 7) is 3.75. The first-order valence-corrected chi connectivity index (χ1v) is 7.81. The Morgan fingerprint density at radius 2 is 1.90 bits per heavy atom. The number of aryl methyl sites for hydroxylation is 1. The summed E-state index contributed by atoms with van der Waals surface area (Å²) in [7, 11) is 0. The van der Waals surface area contributed by atoms with Gasteiger partial charge in [-0.15, -0.1) is 11.3 Å². The Hall–Kier alpha value is -1.87. The second kappa shape index (κ2) is 6.27. The van der Waals surface area contributed by atoms with Gasteiger partial charge in [0.2, 0.25) is 5.91 Å². The topological polar surface area (TPSA) is 90.2 Å². The van der Waals surface area contributed by atoms with Crippen molar-refractivity contribution in [2.45, 2.75) is 39.5 Å². The van der Waals surface area contributed by atoms with E-state index in [9.17, 15) is 20.0 Å². The SMILES string of the molecule is Cc1sc(NC(=O)[C@H]2CCCC[C@@H]2C(=O)O)c(C#N)c1C. The number of thiophene rings is 1. The van der Waals surface area contributed by atoms with Crippen LogP contribution in [0.5, 0.6) is 0 Å². The van der Waals surface area contributed by atoms with Crippen LogP contribution in [0.25, 0.3) is 0 Å². The highest BCUT2D eigenvalue weighted by Gasteiger charge is 2.36. The molecule has 5 nitrogen and oxygen atoms in total. The van der Waals surface area contributed by atoms with Gasteiger partial charge < -0.3 is 10.4 Å². The number of rotatable bonds is 3. The number of aliphatic carboxylic acids is 1. The highest BCUT2D eigenvalue weighted by molar-refractivity contribution is 7.16. The zero-order valence-electron chi connectivity index (χ0n) is 12.1. The van der Waals surface area contributed by atoms with Gasteiger partial charge in [0.05, 0.1) is 17.4 Å². The lowest BCUT2D eigenvalue weighted by Crippen LogP contribution is -2.36. The molecule has 0 radical (unpaired) electrons. The van der Waals surface area contributed by atoms with Crippen LogP contribution in [0.2, 0.25) is 0 Å². The zero-order valence-corrected chi connectivity index (χ0v) is 12.9. The molecule has 0 bridgehead atoms. The van der Waals surface area contributed by atoms with Crippen molar-refractivity contribution in [3.05, 3.63) is 16.0 Å². The molecule has 1 amide bonds. The standard InChI is InChI=1S/C15H18N2O3S/c1-8-9(2)21-14(12(8)7-16)17-13(18)10-5-3-4-6-11(10)15(19)20/h10-11H,3-6H2,1-2H3,(H,17,18)(H,19,20)/t10-,11-/m0/s1. The molecule has 0 aromatic carbocycles. The van der Waals surface area contributed by atoms with E-state index >= 15 is 0 Å². The van der Waals surface area contributed by atoms with E-state index in [1.54, 1.807) is 0 Å². The van der Waals surface area contributed by atoms with Crippen LogP contribution < -0.4 is 5.32 Å². The van der Waals surface area contributed by atoms with Gasteiger partial charge in [-0.3, -0.25) is 9.59 Å². The number of amides is 1. The monoisotopic (exact) mass is 306 g/mol. The third-order valence-corrected chi connectivity index (χ3v) is 5.28. The van der Waals surface area contributed by atoms with Crippen molar-refractivity contribution in [2.24, 2.45) is 11.8 Å². The van der Waals surface area contributed by atoms with Crippen LogP contribution in [0.4, 0.5) is 5.00 Å². The van der Waals surface area contributed by atoms with E-state index in [0.29, 0.717) is 23.4 Å². The summed E-state index contributed by atoms with van der Waals surface area (Å²) >= 11 is 1.37. The second-order valence-corrected chi connectivity index (χ2v) is 6.65. The van der Waals surface area contributed by atoms with Crippen molar-refractivity contribution < 1.29 is 14.7 Å². The van der Waals surface area contributed by atoms with Gasteiger partial charge in [0.15, 0.2) is 0 Å². The molecular formula is C15H18N2O3S. The lowest BCUT2D eigenvalue weighted by Gasteiger charge is -2.27. The second-order valence-electron chi connectivity index (χ2n) is 5.42. The van der Waals surface area contributed by atoms with E-state index in [4.69, 9.17) is 0 Å². The quantitative estimate of drug-likeness (QED) is 0.898. The maximum Gasteiger partial charge on any atom is 0.307 e. The summed E-state index contributed by atoms with van der Waals surface area (Å²) < 4.78 is 0. The first kappa shape index (κ1) is 15.5. The van der Waals surface area contributed by atoms with E-state index < -0.39 is 17.8 Å². The molecule has 1 aliphatic carbocycles. The molecule has 6 heteroatoms. The Balaban J connectivity index is 2.19. The summed E-state index contributed by atoms with van der Waals surface area (Å²) in [6, 6.07) is 2.11. The maximum absolute atomic E-state index is 12.4. The predicted octanol–water partition coefficient (Wildman–Crippen LogP) is 3.07. The molecule has 2 atom stereocenters. The molecular weight excluding hydrogens is 288 g/mol. The van der Waals surface area contributed by atoms with Crippen LogP contribution in [-0.4, -0.2) is 17.0 Å². The molecule has 2 N–H and O–H groups in total. The minimum Gasteiger partial charge on any atom is -0.481 e. The van der Waals surface area contributed by atoms with E-state index in [1.807, 2.05) is 13.8 Å². The minimum absolute atomic E-state index is 0.278. The number of carbonyl (C=O) groups is 2. The molecule has 1 heterocycles. The Kier molecular flexibility index (Phi) is 4.63. The number of nitriles is 1. The van der Waals surface area contributed by atoms with Crippen molar-refractivity contribution >= 4 is 28.2 Å². The summed E-state index contributed by atoms with van der Waals surface area (Å²) in [5, 5.41) is 21.7. The fraction of sp³-hybridized carbons (Fsp3) is 0.533. The highest BCUT2D eigenvalue weighted by Crippen LogP contribution is 2.35. The van der Waals surface area contributed by atoms with Crippen LogP contribution in [0.15, 0.2) is 0 Å². The van der Waals surface area contributed by atoms with Crippen molar-refractivity contribution in [1.29, 1.82) is 5.26 Å². The number of anilines is 1. The van der Waals surface area contributed by atoms with Gasteiger partial charge in [-0.05, 0) is 32.3 Å². The molecule has 0 aliphatic heterocycles. The fourth-order valence-corrected chi connectivity index (χ4v) is 3.81. The first-order valence-electron chi connectivity index (χ1n) is 6.99. The molecule has 0 saturated heterocycles. The molecule has 0 unspecified atom stereocenters. The number of nitrogens with zero attached hydrogens (tertiary/aromatic N) is 1. The third-order valence-electron chi connectivity index (χ3n) is 4.15. The van der Waals surface area contributed by atoms with Gasteiger partial charge in [-0.1, -0.05) is 12.8 Å². The number of nitrogens with one attached hydrogen (secondary N) is 1. The third kappa shape index (κ3) is 3.08. The number of hydrogen-bond donors (Lipinski definition) is 2. The lowest BCUT2D eigenvalue weighted by molar-refractivity contribution is -0.147. The molecule has 0 spiro atoms. The van der Waals surface area contributed by atoms with E-state index in [-0.39, 0.29) is 5.91 Å². The Bertz CT molecular complexity index is 615. The average molecular weight is 306 g/mol. The Morgan fingerprint density at radius 1 is 1.29 bits per heavy atom. The van der Waals surface area contributed by atoms with Gasteiger partial charge in [-0.25, -0.2) is 0 Å². The molecule has 21 heavy (non-hydrogen) atoms. The van der Waals surface area contributed by atoms with Crippen LogP contribution in [0.1, 0.15) is 41.7 Å². The zero-order chi connectivity index (χ0) is 15.6. The smallest absolute Gasteiger partial charge is 0.307 e.